The Bertz CT molecular complexity index is 630. The lowest BCUT2D eigenvalue weighted by atomic mass is 10.0. The van der Waals surface area contributed by atoms with Crippen molar-refractivity contribution < 1.29 is 42.6 Å². The number of hydrogen-bond acceptors (Lipinski definition) is 9. The van der Waals surface area contributed by atoms with Crippen molar-refractivity contribution >= 4 is 0 Å². The largest absolute Gasteiger partial charge is 0.491 e. The van der Waals surface area contributed by atoms with E-state index in [1.54, 1.807) is 7.11 Å². The van der Waals surface area contributed by atoms with Crippen LogP contribution in [-0.4, -0.2) is 113 Å². The van der Waals surface area contributed by atoms with Crippen molar-refractivity contribution in [2.75, 3.05) is 113 Å². The summed E-state index contributed by atoms with van der Waals surface area (Å²) in [6.45, 7) is 11.0. The number of rotatable bonds is 33. The minimum atomic E-state index is 0.531. The van der Waals surface area contributed by atoms with Gasteiger partial charge in [-0.25, -0.2) is 0 Å². The van der Waals surface area contributed by atoms with Crippen molar-refractivity contribution in [3.05, 3.63) is 29.8 Å². The lowest BCUT2D eigenvalue weighted by Crippen LogP contribution is -2.15. The fraction of sp³-hybridized carbons (Fsp3) is 0.812. The predicted octanol–water partition coefficient (Wildman–Crippen LogP) is 5.12. The highest BCUT2D eigenvalue weighted by Crippen LogP contribution is 2.15. The maximum atomic E-state index is 5.77. The first-order chi connectivity index (χ1) is 20.4. The van der Waals surface area contributed by atoms with Crippen molar-refractivity contribution in [1.82, 2.24) is 0 Å². The van der Waals surface area contributed by atoms with Gasteiger partial charge in [0.15, 0.2) is 0 Å². The molecule has 0 unspecified atom stereocenters. The van der Waals surface area contributed by atoms with Gasteiger partial charge in [0.1, 0.15) is 12.4 Å². The topological polar surface area (TPSA) is 83.1 Å². The molecule has 240 valence electrons. The third-order valence-corrected chi connectivity index (χ3v) is 6.15. The van der Waals surface area contributed by atoms with Crippen LogP contribution in [0.15, 0.2) is 24.3 Å². The Balaban J connectivity index is 1.75. The van der Waals surface area contributed by atoms with E-state index in [0.29, 0.717) is 106 Å². The molecule has 41 heavy (non-hydrogen) atoms. The van der Waals surface area contributed by atoms with Crippen LogP contribution in [0.4, 0.5) is 0 Å². The van der Waals surface area contributed by atoms with Crippen molar-refractivity contribution in [2.24, 2.45) is 0 Å². The molecule has 0 spiro atoms. The molecule has 0 aliphatic rings. The second-order valence-corrected chi connectivity index (χ2v) is 9.64. The normalized spacial score (nSPS) is 11.4. The number of aryl methyl sites for hydroxylation is 1. The van der Waals surface area contributed by atoms with Crippen molar-refractivity contribution in [1.29, 1.82) is 0 Å². The first-order valence-corrected chi connectivity index (χ1v) is 15.6. The summed E-state index contributed by atoms with van der Waals surface area (Å²) in [7, 11) is 1.65. The highest BCUT2D eigenvalue weighted by Gasteiger charge is 1.99. The molecule has 1 aromatic carbocycles. The van der Waals surface area contributed by atoms with Crippen LogP contribution in [0.1, 0.15) is 57.4 Å². The zero-order valence-electron chi connectivity index (χ0n) is 26.0. The van der Waals surface area contributed by atoms with Gasteiger partial charge in [0.2, 0.25) is 0 Å². The predicted molar refractivity (Wildman–Crippen MR) is 161 cm³/mol. The van der Waals surface area contributed by atoms with Crippen molar-refractivity contribution in [3.8, 4) is 5.75 Å². The Kier molecular flexibility index (Phi) is 29.1. The van der Waals surface area contributed by atoms with E-state index in [9.17, 15) is 0 Å². The monoisotopic (exact) mass is 586 g/mol. The Morgan fingerprint density at radius 1 is 0.415 bits per heavy atom. The molecule has 0 heterocycles. The molecule has 0 aliphatic heterocycles. The maximum Gasteiger partial charge on any atom is 0.119 e. The standard InChI is InChI=1S/C32H58O9/c1-3-4-5-6-7-8-9-10-31-11-13-32(14-12-31)41-30-29-40-28-27-39-26-25-38-24-23-37-22-21-36-20-19-35-18-17-34-16-15-33-2/h11-14H,3-10,15-30H2,1-2H3. The number of unbranched alkanes of at least 4 members (excludes halogenated alkanes) is 6. The third-order valence-electron chi connectivity index (χ3n) is 6.15. The second kappa shape index (κ2) is 31.6. The van der Waals surface area contributed by atoms with Gasteiger partial charge in [0.25, 0.3) is 0 Å². The first-order valence-electron chi connectivity index (χ1n) is 15.6. The molecule has 0 radical (unpaired) electrons. The zero-order chi connectivity index (χ0) is 29.3. The molecule has 0 bridgehead atoms. The van der Waals surface area contributed by atoms with Crippen LogP contribution in [0.3, 0.4) is 0 Å². The van der Waals surface area contributed by atoms with Crippen LogP contribution < -0.4 is 4.74 Å². The summed E-state index contributed by atoms with van der Waals surface area (Å²) >= 11 is 0. The molecule has 0 aromatic heterocycles. The van der Waals surface area contributed by atoms with Gasteiger partial charge in [0.05, 0.1) is 99.1 Å². The molecule has 0 aliphatic carbocycles. The fourth-order valence-electron chi connectivity index (χ4n) is 3.82. The average Bonchev–Trinajstić information content (AvgIpc) is 2.99. The van der Waals surface area contributed by atoms with Crippen LogP contribution in [0.25, 0.3) is 0 Å². The number of benzene rings is 1. The summed E-state index contributed by atoms with van der Waals surface area (Å²) in [4.78, 5) is 0. The molecule has 9 nitrogen and oxygen atoms in total. The molecule has 1 rings (SSSR count). The van der Waals surface area contributed by atoms with Crippen LogP contribution in [0.5, 0.6) is 5.75 Å². The molecule has 0 N–H and O–H groups in total. The Morgan fingerprint density at radius 3 is 1.20 bits per heavy atom. The van der Waals surface area contributed by atoms with E-state index < -0.39 is 0 Å². The summed E-state index contributed by atoms with van der Waals surface area (Å²) in [6.07, 6.45) is 10.6. The van der Waals surface area contributed by atoms with Gasteiger partial charge in [-0.15, -0.1) is 0 Å². The highest BCUT2D eigenvalue weighted by atomic mass is 16.6. The lowest BCUT2D eigenvalue weighted by molar-refractivity contribution is -0.0227. The van der Waals surface area contributed by atoms with Crippen LogP contribution in [0, 0.1) is 0 Å². The van der Waals surface area contributed by atoms with E-state index in [2.05, 4.69) is 31.2 Å². The highest BCUT2D eigenvalue weighted by molar-refractivity contribution is 5.27. The van der Waals surface area contributed by atoms with Crippen molar-refractivity contribution in [2.45, 2.75) is 58.3 Å². The first kappa shape index (κ1) is 37.7. The second-order valence-electron chi connectivity index (χ2n) is 9.64. The van der Waals surface area contributed by atoms with Gasteiger partial charge < -0.3 is 42.6 Å². The summed E-state index contributed by atoms with van der Waals surface area (Å²) in [5.74, 6) is 0.892. The third kappa shape index (κ3) is 27.3. The van der Waals surface area contributed by atoms with E-state index in [-0.39, 0.29) is 0 Å². The van der Waals surface area contributed by atoms with E-state index in [4.69, 9.17) is 42.6 Å². The van der Waals surface area contributed by atoms with Gasteiger partial charge in [-0.3, -0.25) is 0 Å². The van der Waals surface area contributed by atoms with Crippen molar-refractivity contribution in [3.63, 3.8) is 0 Å². The molecule has 0 saturated heterocycles. The molecule has 0 saturated carbocycles. The smallest absolute Gasteiger partial charge is 0.119 e. The van der Waals surface area contributed by atoms with Gasteiger partial charge >= 0.3 is 0 Å². The summed E-state index contributed by atoms with van der Waals surface area (Å²) < 4.78 is 48.9. The molecule has 1 aromatic rings. The maximum absolute atomic E-state index is 5.77. The van der Waals surface area contributed by atoms with Crippen LogP contribution >= 0.6 is 0 Å². The quantitative estimate of drug-likeness (QED) is 0.104. The average molecular weight is 587 g/mol. The molecular formula is C32H58O9. The van der Waals surface area contributed by atoms with Gasteiger partial charge in [-0.1, -0.05) is 57.6 Å². The lowest BCUT2D eigenvalue weighted by Gasteiger charge is -2.09. The molecular weight excluding hydrogens is 528 g/mol. The van der Waals surface area contributed by atoms with E-state index >= 15 is 0 Å². The molecule has 9 heteroatoms. The Morgan fingerprint density at radius 2 is 0.780 bits per heavy atom. The minimum absolute atomic E-state index is 0.531. The Hall–Kier alpha value is -1.30. The van der Waals surface area contributed by atoms with Gasteiger partial charge in [-0.05, 0) is 30.5 Å². The summed E-state index contributed by atoms with van der Waals surface area (Å²) in [5, 5.41) is 0. The van der Waals surface area contributed by atoms with Crippen LogP contribution in [0.2, 0.25) is 0 Å². The zero-order valence-corrected chi connectivity index (χ0v) is 26.0. The summed E-state index contributed by atoms with van der Waals surface area (Å²) in [6, 6.07) is 8.46. The molecule has 0 amide bonds. The SMILES string of the molecule is CCCCCCCCCc1ccc(OCCOCCOCCOCCOCCOCCOCCOCCOC)cc1. The van der Waals surface area contributed by atoms with Crippen LogP contribution in [-0.2, 0) is 44.3 Å². The number of ether oxygens (including phenoxy) is 9. The molecule has 0 atom stereocenters. The Labute approximate surface area is 249 Å². The van der Waals surface area contributed by atoms with E-state index in [1.807, 2.05) is 0 Å². The number of methoxy groups -OCH3 is 1. The fourth-order valence-corrected chi connectivity index (χ4v) is 3.82. The number of hydrogen-bond donors (Lipinski definition) is 0. The summed E-state index contributed by atoms with van der Waals surface area (Å²) in [5.41, 5.74) is 1.38. The minimum Gasteiger partial charge on any atom is -0.491 e. The molecule has 0 fully saturated rings. The van der Waals surface area contributed by atoms with Gasteiger partial charge in [0, 0.05) is 7.11 Å². The van der Waals surface area contributed by atoms with E-state index in [0.717, 1.165) is 12.2 Å². The van der Waals surface area contributed by atoms with Gasteiger partial charge in [-0.2, -0.15) is 0 Å². The van der Waals surface area contributed by atoms with E-state index in [1.165, 1.54) is 50.5 Å².